The minimum absolute atomic E-state index is 0.218. The number of sulfonamides is 1. The zero-order chi connectivity index (χ0) is 17.6. The van der Waals surface area contributed by atoms with E-state index in [0.717, 1.165) is 6.26 Å². The van der Waals surface area contributed by atoms with Gasteiger partial charge in [-0.2, -0.15) is 0 Å². The number of para-hydroxylation sites is 1. The Morgan fingerprint density at radius 1 is 1.12 bits per heavy atom. The average molecular weight is 359 g/mol. The zero-order valence-electron chi connectivity index (χ0n) is 13.2. The van der Waals surface area contributed by atoms with Crippen molar-refractivity contribution in [2.75, 3.05) is 10.6 Å². The third-order valence-corrected chi connectivity index (χ3v) is 5.32. The topological polar surface area (TPSA) is 81.0 Å². The number of hydrogen-bond donors (Lipinski definition) is 0. The number of hydrogen-bond acceptors (Lipinski definition) is 5. The van der Waals surface area contributed by atoms with Crippen LogP contribution in [-0.2, 0) is 16.6 Å². The summed E-state index contributed by atoms with van der Waals surface area (Å²) in [4.78, 5) is 0. The zero-order valence-corrected chi connectivity index (χ0v) is 14.1. The van der Waals surface area contributed by atoms with E-state index in [1.165, 1.54) is 16.4 Å². The molecule has 0 saturated carbocycles. The van der Waals surface area contributed by atoms with Crippen molar-refractivity contribution in [2.24, 2.45) is 0 Å². The summed E-state index contributed by atoms with van der Waals surface area (Å²) in [5, 5.41) is 11.7. The molecule has 2 aromatic carbocycles. The van der Waals surface area contributed by atoms with E-state index in [1.54, 1.807) is 41.1 Å². The fraction of sp³-hybridized carbons (Fsp3) is 0.188. The third kappa shape index (κ3) is 2.66. The minimum Gasteiger partial charge on any atom is -0.260 e. The molecule has 0 bridgehead atoms. The van der Waals surface area contributed by atoms with Crippen molar-refractivity contribution in [3.63, 3.8) is 0 Å². The quantitative estimate of drug-likeness (QED) is 0.699. The van der Waals surface area contributed by atoms with Gasteiger partial charge in [0.2, 0.25) is 10.0 Å². The normalized spacial score (nSPS) is 16.9. The van der Waals surface area contributed by atoms with Crippen LogP contribution in [0.2, 0.25) is 0 Å². The van der Waals surface area contributed by atoms with E-state index in [0.29, 0.717) is 22.6 Å². The molecular formula is C16H14FN5O2S. The Kier molecular flexibility index (Phi) is 3.53. The van der Waals surface area contributed by atoms with Gasteiger partial charge in [0.05, 0.1) is 24.5 Å². The fourth-order valence-electron chi connectivity index (χ4n) is 3.12. The van der Waals surface area contributed by atoms with Crippen LogP contribution in [0.4, 0.5) is 10.1 Å². The number of rotatable bonds is 2. The largest absolute Gasteiger partial charge is 0.260 e. The monoisotopic (exact) mass is 359 g/mol. The van der Waals surface area contributed by atoms with Crippen LogP contribution >= 0.6 is 0 Å². The summed E-state index contributed by atoms with van der Waals surface area (Å²) in [5.74, 6) is 0.112. The summed E-state index contributed by atoms with van der Waals surface area (Å²) < 4.78 is 41.5. The first-order valence-corrected chi connectivity index (χ1v) is 9.40. The van der Waals surface area contributed by atoms with Crippen molar-refractivity contribution in [1.82, 2.24) is 20.2 Å². The van der Waals surface area contributed by atoms with Crippen LogP contribution in [0, 0.1) is 5.82 Å². The highest BCUT2D eigenvalue weighted by Gasteiger charge is 2.35. The molecule has 4 rings (SSSR count). The van der Waals surface area contributed by atoms with Gasteiger partial charge in [-0.3, -0.25) is 4.31 Å². The summed E-state index contributed by atoms with van der Waals surface area (Å²) in [6.07, 6.45) is 1.15. The van der Waals surface area contributed by atoms with E-state index in [1.807, 2.05) is 0 Å². The van der Waals surface area contributed by atoms with Crippen LogP contribution in [0.5, 0.6) is 0 Å². The van der Waals surface area contributed by atoms with E-state index in [-0.39, 0.29) is 12.4 Å². The van der Waals surface area contributed by atoms with Gasteiger partial charge >= 0.3 is 0 Å². The Labute approximate surface area is 143 Å². The van der Waals surface area contributed by atoms with Gasteiger partial charge in [-0.15, -0.1) is 5.10 Å². The first kappa shape index (κ1) is 15.7. The first-order valence-electron chi connectivity index (χ1n) is 7.55. The first-order chi connectivity index (χ1) is 11.9. The molecule has 1 aromatic heterocycles. The maximum atomic E-state index is 13.3. The van der Waals surface area contributed by atoms with Crippen LogP contribution < -0.4 is 4.31 Å². The second-order valence-electron chi connectivity index (χ2n) is 5.83. The molecule has 0 radical (unpaired) electrons. The Morgan fingerprint density at radius 2 is 1.84 bits per heavy atom. The SMILES string of the molecule is CS(=O)(=O)N1c2ccccc2-c2nnnn2CC1c1ccc(F)cc1. The summed E-state index contributed by atoms with van der Waals surface area (Å²) in [6, 6.07) is 12.3. The van der Waals surface area contributed by atoms with Crippen LogP contribution in [0.1, 0.15) is 11.6 Å². The van der Waals surface area contributed by atoms with E-state index in [9.17, 15) is 12.8 Å². The standard InChI is InChI=1S/C16H14FN5O2S/c1-25(23,24)22-14-5-3-2-4-13(14)16-18-19-20-21(16)10-15(22)11-6-8-12(17)9-7-11/h2-9,15H,10H2,1H3. The minimum atomic E-state index is -3.62. The molecule has 1 aliphatic rings. The van der Waals surface area contributed by atoms with Crippen molar-refractivity contribution in [2.45, 2.75) is 12.6 Å². The molecule has 0 fully saturated rings. The highest BCUT2D eigenvalue weighted by atomic mass is 32.2. The van der Waals surface area contributed by atoms with Gasteiger partial charge in [0.1, 0.15) is 5.82 Å². The van der Waals surface area contributed by atoms with Crippen molar-refractivity contribution in [3.05, 3.63) is 59.9 Å². The summed E-state index contributed by atoms with van der Waals surface area (Å²) >= 11 is 0. The van der Waals surface area contributed by atoms with Crippen LogP contribution in [-0.4, -0.2) is 34.9 Å². The van der Waals surface area contributed by atoms with Gasteiger partial charge in [0, 0.05) is 5.56 Å². The Hall–Kier alpha value is -2.81. The Balaban J connectivity index is 1.99. The average Bonchev–Trinajstić information content (AvgIpc) is 2.97. The lowest BCUT2D eigenvalue weighted by molar-refractivity contribution is 0.512. The number of fused-ring (bicyclic) bond motifs is 3. The summed E-state index contributed by atoms with van der Waals surface area (Å²) in [5.41, 5.74) is 1.78. The maximum absolute atomic E-state index is 13.3. The smallest absolute Gasteiger partial charge is 0.232 e. The lowest BCUT2D eigenvalue weighted by atomic mass is 10.1. The van der Waals surface area contributed by atoms with Crippen LogP contribution in [0.15, 0.2) is 48.5 Å². The molecular weight excluding hydrogens is 345 g/mol. The number of tetrazole rings is 1. The van der Waals surface area contributed by atoms with Crippen molar-refractivity contribution in [3.8, 4) is 11.4 Å². The van der Waals surface area contributed by atoms with Gasteiger partial charge in [-0.25, -0.2) is 17.5 Å². The number of halogens is 1. The molecule has 0 saturated heterocycles. The number of anilines is 1. The van der Waals surface area contributed by atoms with E-state index in [4.69, 9.17) is 0 Å². The molecule has 1 aliphatic heterocycles. The number of aromatic nitrogens is 4. The second-order valence-corrected chi connectivity index (χ2v) is 7.69. The van der Waals surface area contributed by atoms with E-state index >= 15 is 0 Å². The highest BCUT2D eigenvalue weighted by molar-refractivity contribution is 7.92. The van der Waals surface area contributed by atoms with Crippen LogP contribution in [0.3, 0.4) is 0 Å². The lowest BCUT2D eigenvalue weighted by Crippen LogP contribution is -2.35. The van der Waals surface area contributed by atoms with Crippen LogP contribution in [0.25, 0.3) is 11.4 Å². The van der Waals surface area contributed by atoms with Crippen molar-refractivity contribution < 1.29 is 12.8 Å². The predicted octanol–water partition coefficient (Wildman–Crippen LogP) is 2.00. The van der Waals surface area contributed by atoms with Gasteiger partial charge < -0.3 is 0 Å². The molecule has 3 aromatic rings. The maximum Gasteiger partial charge on any atom is 0.232 e. The number of nitrogens with zero attached hydrogens (tertiary/aromatic N) is 5. The predicted molar refractivity (Wildman–Crippen MR) is 89.7 cm³/mol. The molecule has 0 amide bonds. The lowest BCUT2D eigenvalue weighted by Gasteiger charge is -2.30. The molecule has 25 heavy (non-hydrogen) atoms. The molecule has 0 spiro atoms. The third-order valence-electron chi connectivity index (χ3n) is 4.16. The van der Waals surface area contributed by atoms with E-state index < -0.39 is 16.1 Å². The molecule has 9 heteroatoms. The molecule has 7 nitrogen and oxygen atoms in total. The Morgan fingerprint density at radius 3 is 2.56 bits per heavy atom. The van der Waals surface area contributed by atoms with Gasteiger partial charge in [-0.1, -0.05) is 24.3 Å². The van der Waals surface area contributed by atoms with Gasteiger partial charge in [-0.05, 0) is 40.3 Å². The summed E-state index contributed by atoms with van der Waals surface area (Å²) in [6.45, 7) is 0.218. The highest BCUT2D eigenvalue weighted by Crippen LogP contribution is 2.40. The van der Waals surface area contributed by atoms with E-state index in [2.05, 4.69) is 15.5 Å². The molecule has 128 valence electrons. The Bertz CT molecular complexity index is 1030. The second kappa shape index (κ2) is 5.62. The number of benzene rings is 2. The van der Waals surface area contributed by atoms with Gasteiger partial charge in [0.25, 0.3) is 0 Å². The molecule has 0 aliphatic carbocycles. The fourth-order valence-corrected chi connectivity index (χ4v) is 4.28. The summed E-state index contributed by atoms with van der Waals surface area (Å²) in [7, 11) is -3.62. The van der Waals surface area contributed by atoms with Gasteiger partial charge in [0.15, 0.2) is 5.82 Å². The molecule has 2 heterocycles. The molecule has 1 atom stereocenters. The molecule has 0 N–H and O–H groups in total. The van der Waals surface area contributed by atoms with Crippen molar-refractivity contribution in [1.29, 1.82) is 0 Å². The molecule has 1 unspecified atom stereocenters. The van der Waals surface area contributed by atoms with Crippen molar-refractivity contribution >= 4 is 15.7 Å².